The molecule has 0 unspecified atom stereocenters. The molecule has 3 aromatic heterocycles. The van der Waals surface area contributed by atoms with Gasteiger partial charge in [0.1, 0.15) is 0 Å². The maximum atomic E-state index is 5.53. The Labute approximate surface area is 326 Å². The van der Waals surface area contributed by atoms with E-state index in [4.69, 9.17) is 9.97 Å². The summed E-state index contributed by atoms with van der Waals surface area (Å²) in [6.45, 7) is 0. The van der Waals surface area contributed by atoms with Gasteiger partial charge in [-0.2, -0.15) is 0 Å². The zero-order valence-corrected chi connectivity index (χ0v) is 31.0. The molecular weight excluding hydrogens is 699 g/mol. The highest BCUT2D eigenvalue weighted by atomic mass is 32.1. The maximum absolute atomic E-state index is 5.53. The second-order valence-electron chi connectivity index (χ2n) is 14.5. The number of rotatable bonds is 4. The summed E-state index contributed by atoms with van der Waals surface area (Å²) in [5, 5.41) is 10.9. The van der Waals surface area contributed by atoms with E-state index in [1.54, 1.807) is 0 Å². The molecule has 0 fully saturated rings. The molecule has 0 spiro atoms. The number of hydrogen-bond acceptors (Lipinski definition) is 3. The van der Waals surface area contributed by atoms with E-state index in [9.17, 15) is 0 Å². The van der Waals surface area contributed by atoms with E-state index < -0.39 is 0 Å². The molecule has 0 N–H and O–H groups in total. The van der Waals surface area contributed by atoms with Crippen LogP contribution in [0.3, 0.4) is 0 Å². The first kappa shape index (κ1) is 31.2. The summed E-state index contributed by atoms with van der Waals surface area (Å²) < 4.78 is 4.90. The molecule has 9 aromatic carbocycles. The van der Waals surface area contributed by atoms with Gasteiger partial charge in [-0.1, -0.05) is 170 Å². The average molecular weight is 730 g/mol. The quantitative estimate of drug-likeness (QED) is 0.181. The van der Waals surface area contributed by atoms with E-state index in [2.05, 4.69) is 193 Å². The SMILES string of the molecule is c1ccc2c(-c3ccc(-c4nc(-n5c6ccc7ccccc7c6c6cccc(-c7cccc8c7sc7ccccc78)c65)nc5ccccc45)cc3)cccc2c1. The van der Waals surface area contributed by atoms with Crippen LogP contribution in [0.2, 0.25) is 0 Å². The van der Waals surface area contributed by atoms with Crippen molar-refractivity contribution in [2.45, 2.75) is 0 Å². The van der Waals surface area contributed by atoms with Crippen molar-refractivity contribution >= 4 is 85.8 Å². The number of hydrogen-bond donors (Lipinski definition) is 0. The van der Waals surface area contributed by atoms with Crippen LogP contribution in [0.1, 0.15) is 0 Å². The first-order valence-corrected chi connectivity index (χ1v) is 19.8. The average Bonchev–Trinajstić information content (AvgIpc) is 3.82. The Bertz CT molecular complexity index is 3530. The van der Waals surface area contributed by atoms with Crippen molar-refractivity contribution in [3.63, 3.8) is 0 Å². The Morgan fingerprint density at radius 3 is 1.86 bits per heavy atom. The van der Waals surface area contributed by atoms with Crippen molar-refractivity contribution < 1.29 is 0 Å². The van der Waals surface area contributed by atoms with E-state index in [0.717, 1.165) is 38.8 Å². The Morgan fingerprint density at radius 2 is 1.00 bits per heavy atom. The highest BCUT2D eigenvalue weighted by molar-refractivity contribution is 7.26. The summed E-state index contributed by atoms with van der Waals surface area (Å²) in [7, 11) is 0. The molecule has 260 valence electrons. The molecule has 4 heteroatoms. The van der Waals surface area contributed by atoms with Gasteiger partial charge in [0.05, 0.1) is 22.2 Å². The van der Waals surface area contributed by atoms with Crippen LogP contribution in [-0.2, 0) is 0 Å². The van der Waals surface area contributed by atoms with Gasteiger partial charge >= 0.3 is 0 Å². The van der Waals surface area contributed by atoms with Crippen molar-refractivity contribution in [3.8, 4) is 39.5 Å². The summed E-state index contributed by atoms with van der Waals surface area (Å²) in [5.41, 5.74) is 9.85. The van der Waals surface area contributed by atoms with Crippen LogP contribution in [0.4, 0.5) is 0 Å². The largest absolute Gasteiger partial charge is 0.277 e. The predicted molar refractivity (Wildman–Crippen MR) is 238 cm³/mol. The minimum Gasteiger partial charge on any atom is -0.277 e. The van der Waals surface area contributed by atoms with Crippen LogP contribution < -0.4 is 0 Å². The molecule has 0 aliphatic carbocycles. The number of fused-ring (bicyclic) bond motifs is 10. The molecule has 0 atom stereocenters. The zero-order chi connectivity index (χ0) is 36.7. The molecule has 0 amide bonds. The lowest BCUT2D eigenvalue weighted by Gasteiger charge is -2.14. The normalized spacial score (nSPS) is 11.9. The second kappa shape index (κ2) is 12.2. The van der Waals surface area contributed by atoms with E-state index >= 15 is 0 Å². The summed E-state index contributed by atoms with van der Waals surface area (Å²) in [4.78, 5) is 10.9. The Balaban J connectivity index is 1.14. The fourth-order valence-electron chi connectivity index (χ4n) is 8.89. The van der Waals surface area contributed by atoms with Gasteiger partial charge in [-0.25, -0.2) is 9.97 Å². The van der Waals surface area contributed by atoms with E-state index in [-0.39, 0.29) is 0 Å². The van der Waals surface area contributed by atoms with Gasteiger partial charge in [-0.15, -0.1) is 11.3 Å². The highest BCUT2D eigenvalue weighted by Gasteiger charge is 2.23. The molecule has 0 aliphatic rings. The number of benzene rings is 9. The second-order valence-corrected chi connectivity index (χ2v) is 15.5. The van der Waals surface area contributed by atoms with Crippen LogP contribution in [0, 0.1) is 0 Å². The van der Waals surface area contributed by atoms with Gasteiger partial charge in [-0.3, -0.25) is 4.57 Å². The fourth-order valence-corrected chi connectivity index (χ4v) is 10.1. The van der Waals surface area contributed by atoms with Crippen molar-refractivity contribution in [2.75, 3.05) is 0 Å². The van der Waals surface area contributed by atoms with Gasteiger partial charge in [0.25, 0.3) is 0 Å². The molecule has 0 radical (unpaired) electrons. The van der Waals surface area contributed by atoms with Gasteiger partial charge in [0, 0.05) is 53.0 Å². The van der Waals surface area contributed by atoms with E-state index in [1.807, 2.05) is 11.3 Å². The zero-order valence-electron chi connectivity index (χ0n) is 30.1. The Hall–Kier alpha value is -7.14. The van der Waals surface area contributed by atoms with Crippen LogP contribution in [-0.4, -0.2) is 14.5 Å². The molecule has 0 saturated heterocycles. The minimum absolute atomic E-state index is 0.656. The van der Waals surface area contributed by atoms with Crippen molar-refractivity contribution in [1.82, 2.24) is 14.5 Å². The van der Waals surface area contributed by atoms with Crippen LogP contribution in [0.25, 0.3) is 114 Å². The Morgan fingerprint density at radius 1 is 0.393 bits per heavy atom. The van der Waals surface area contributed by atoms with Gasteiger partial charge in [-0.05, 0) is 50.9 Å². The van der Waals surface area contributed by atoms with Crippen molar-refractivity contribution in [1.29, 1.82) is 0 Å². The molecule has 3 heterocycles. The van der Waals surface area contributed by atoms with Crippen LogP contribution in [0.15, 0.2) is 188 Å². The summed E-state index contributed by atoms with van der Waals surface area (Å²) in [6.07, 6.45) is 0. The van der Waals surface area contributed by atoms with Crippen molar-refractivity contribution in [2.24, 2.45) is 0 Å². The molecule has 56 heavy (non-hydrogen) atoms. The molecule has 12 rings (SSSR count). The number of nitrogens with zero attached hydrogens (tertiary/aromatic N) is 3. The lowest BCUT2D eigenvalue weighted by molar-refractivity contribution is 1.01. The Kier molecular flexibility index (Phi) is 6.80. The molecule has 0 bridgehead atoms. The predicted octanol–water partition coefficient (Wildman–Crippen LogP) is 14.4. The number of thiophene rings is 1. The molecule has 0 aliphatic heterocycles. The van der Waals surface area contributed by atoms with Gasteiger partial charge in [0.15, 0.2) is 0 Å². The first-order valence-electron chi connectivity index (χ1n) is 19.0. The number of para-hydroxylation sites is 2. The van der Waals surface area contributed by atoms with E-state index in [1.165, 1.54) is 69.2 Å². The molecule has 0 saturated carbocycles. The topological polar surface area (TPSA) is 30.7 Å². The smallest absolute Gasteiger partial charge is 0.235 e. The van der Waals surface area contributed by atoms with Gasteiger partial charge < -0.3 is 0 Å². The highest BCUT2D eigenvalue weighted by Crippen LogP contribution is 2.45. The summed E-state index contributed by atoms with van der Waals surface area (Å²) >= 11 is 1.86. The third-order valence-electron chi connectivity index (χ3n) is 11.4. The molecular formula is C52H31N3S. The maximum Gasteiger partial charge on any atom is 0.235 e. The third-order valence-corrected chi connectivity index (χ3v) is 12.6. The lowest BCUT2D eigenvalue weighted by atomic mass is 9.96. The van der Waals surface area contributed by atoms with Gasteiger partial charge in [0.2, 0.25) is 5.95 Å². The third kappa shape index (κ3) is 4.63. The molecule has 3 nitrogen and oxygen atoms in total. The van der Waals surface area contributed by atoms with E-state index in [0.29, 0.717) is 5.95 Å². The van der Waals surface area contributed by atoms with Crippen LogP contribution >= 0.6 is 11.3 Å². The summed E-state index contributed by atoms with van der Waals surface area (Å²) in [6, 6.07) is 67.8. The molecule has 12 aromatic rings. The fraction of sp³-hybridized carbons (Fsp3) is 0. The number of aromatic nitrogens is 3. The monoisotopic (exact) mass is 729 g/mol. The standard InChI is InChI=1S/C52H31N3S/c1-3-15-36-32(12-1)14-9-19-37(36)34-26-28-35(29-27-34)49-43-18-5-7-24-45(43)53-52(54-49)55-46-31-30-33-13-2-4-16-38(33)48(46)44-23-10-20-40(50(44)55)42-22-11-21-41-39-17-6-8-25-47(39)56-51(41)42/h1-31H. The van der Waals surface area contributed by atoms with Crippen molar-refractivity contribution in [3.05, 3.63) is 188 Å². The first-order chi connectivity index (χ1) is 27.8. The summed E-state index contributed by atoms with van der Waals surface area (Å²) in [5.74, 6) is 0.656. The minimum atomic E-state index is 0.656. The van der Waals surface area contributed by atoms with Crippen LogP contribution in [0.5, 0.6) is 0 Å². The lowest BCUT2D eigenvalue weighted by Crippen LogP contribution is -2.04.